The van der Waals surface area contributed by atoms with Crippen molar-refractivity contribution in [2.24, 2.45) is 0 Å². The molecular weight excluding hydrogens is 488 g/mol. The minimum atomic E-state index is -3.61. The largest absolute Gasteiger partial charge is 0.497 e. The summed E-state index contributed by atoms with van der Waals surface area (Å²) in [5.74, 6) is 1.65. The van der Waals surface area contributed by atoms with Gasteiger partial charge in [0.25, 0.3) is 0 Å². The quantitative estimate of drug-likeness (QED) is 0.313. The van der Waals surface area contributed by atoms with Gasteiger partial charge in [0.1, 0.15) is 17.2 Å². The first-order valence-corrected chi connectivity index (χ1v) is 14.3. The molecule has 0 fully saturated rings. The van der Waals surface area contributed by atoms with E-state index in [0.29, 0.717) is 27.0 Å². The summed E-state index contributed by atoms with van der Waals surface area (Å²) in [5.41, 5.74) is 0.990. The molecule has 0 radical (unpaired) electrons. The molecule has 0 bridgehead atoms. The number of ether oxygens (including phenoxy) is 2. The molecule has 0 aromatic heterocycles. The highest BCUT2D eigenvalue weighted by molar-refractivity contribution is 8.33. The minimum absolute atomic E-state index is 0.185. The van der Waals surface area contributed by atoms with Crippen LogP contribution in [0, 0.1) is 6.92 Å². The van der Waals surface area contributed by atoms with E-state index in [0.717, 1.165) is 5.56 Å². The fourth-order valence-electron chi connectivity index (χ4n) is 3.25. The van der Waals surface area contributed by atoms with Crippen molar-refractivity contribution in [1.29, 1.82) is 0 Å². The average Bonchev–Trinajstić information content (AvgIpc) is 2.85. The summed E-state index contributed by atoms with van der Waals surface area (Å²) in [6.45, 7) is 1.90. The zero-order chi connectivity index (χ0) is 24.3. The van der Waals surface area contributed by atoms with Gasteiger partial charge in [-0.25, -0.2) is 12.6 Å². The molecule has 0 spiro atoms. The number of benzene rings is 4. The van der Waals surface area contributed by atoms with Crippen molar-refractivity contribution in [3.63, 3.8) is 0 Å². The van der Waals surface area contributed by atoms with Crippen LogP contribution in [0.15, 0.2) is 117 Å². The first-order valence-electron chi connectivity index (χ1n) is 10.3. The molecule has 34 heavy (non-hydrogen) atoms. The Balaban J connectivity index is 1.50. The van der Waals surface area contributed by atoms with E-state index < -0.39 is 18.3 Å². The molecule has 4 aromatic rings. The zero-order valence-corrected chi connectivity index (χ0v) is 21.0. The molecule has 0 aliphatic carbocycles. The first-order chi connectivity index (χ1) is 16.2. The van der Waals surface area contributed by atoms with Crippen LogP contribution in [0.25, 0.3) is 0 Å². The number of sulfone groups is 1. The van der Waals surface area contributed by atoms with Gasteiger partial charge in [0.15, 0.2) is 0 Å². The molecule has 0 saturated heterocycles. The Kier molecular flexibility index (Phi) is 6.74. The second-order valence-electron chi connectivity index (χ2n) is 7.54. The van der Waals surface area contributed by atoms with Gasteiger partial charge in [-0.1, -0.05) is 17.7 Å². The van der Waals surface area contributed by atoms with E-state index in [1.165, 1.54) is 12.1 Å². The molecule has 1 unspecified atom stereocenters. The lowest BCUT2D eigenvalue weighted by atomic mass is 10.2. The first kappa shape index (κ1) is 23.9. The maximum absolute atomic E-state index is 13.2. The van der Waals surface area contributed by atoms with E-state index in [2.05, 4.69) is 0 Å². The molecule has 0 amide bonds. The monoisotopic (exact) mass is 510 g/mol. The van der Waals surface area contributed by atoms with Crippen molar-refractivity contribution in [2.75, 3.05) is 7.11 Å². The van der Waals surface area contributed by atoms with Gasteiger partial charge >= 0.3 is 0 Å². The highest BCUT2D eigenvalue weighted by Crippen LogP contribution is 2.29. The van der Waals surface area contributed by atoms with Crippen molar-refractivity contribution in [1.82, 2.24) is 0 Å². The van der Waals surface area contributed by atoms with E-state index in [1.807, 2.05) is 6.92 Å². The van der Waals surface area contributed by atoms with E-state index in [9.17, 15) is 12.6 Å². The Bertz CT molecular complexity index is 1490. The molecule has 8 heteroatoms. The third-order valence-corrected chi connectivity index (χ3v) is 9.93. The van der Waals surface area contributed by atoms with Gasteiger partial charge < -0.3 is 9.47 Å². The lowest BCUT2D eigenvalue weighted by Gasteiger charge is -2.11. The van der Waals surface area contributed by atoms with E-state index in [4.69, 9.17) is 20.7 Å². The van der Waals surface area contributed by atoms with Crippen molar-refractivity contribution >= 4 is 29.5 Å². The van der Waals surface area contributed by atoms with Crippen LogP contribution in [0.1, 0.15) is 5.56 Å². The van der Waals surface area contributed by atoms with Crippen molar-refractivity contribution in [3.05, 3.63) is 103 Å². The molecule has 4 aromatic carbocycles. The normalized spacial score (nSPS) is 13.1. The third-order valence-electron chi connectivity index (χ3n) is 5.20. The standard InChI is InChI=1S/C26H22O5S3/c1-19-3-11-23(12-4-19)33(27,28)24-13-7-21(8-14-24)31-22-9-17-26(18-10-22)34(29,32)25-15-5-20(30-2)6-16-25/h3-18H,1-2H3. The predicted octanol–water partition coefficient (Wildman–Crippen LogP) is 5.79. The van der Waals surface area contributed by atoms with Crippen LogP contribution in [0.2, 0.25) is 0 Å². The summed E-state index contributed by atoms with van der Waals surface area (Å²) in [7, 11) is -4.89. The lowest BCUT2D eigenvalue weighted by Crippen LogP contribution is -2.02. The molecule has 0 saturated carbocycles. The summed E-state index contributed by atoms with van der Waals surface area (Å²) in [5, 5.41) is 0. The van der Waals surface area contributed by atoms with Crippen LogP contribution >= 0.6 is 0 Å². The van der Waals surface area contributed by atoms with Crippen LogP contribution in [0.4, 0.5) is 0 Å². The van der Waals surface area contributed by atoms with Gasteiger partial charge in [-0.3, -0.25) is 0 Å². The number of hydrogen-bond donors (Lipinski definition) is 0. The molecule has 1 atom stereocenters. The van der Waals surface area contributed by atoms with Crippen LogP contribution in [0.3, 0.4) is 0 Å². The summed E-state index contributed by atoms with van der Waals surface area (Å²) in [6.07, 6.45) is 0. The molecular formula is C26H22O5S3. The second-order valence-corrected chi connectivity index (χ2v) is 12.8. The number of rotatable bonds is 7. The van der Waals surface area contributed by atoms with Gasteiger partial charge in [0.05, 0.1) is 25.4 Å². The van der Waals surface area contributed by atoms with Crippen LogP contribution in [-0.4, -0.2) is 19.7 Å². The summed E-state index contributed by atoms with van der Waals surface area (Å²) in [4.78, 5) is 1.46. The van der Waals surface area contributed by atoms with Crippen LogP contribution in [-0.2, 0) is 29.5 Å². The van der Waals surface area contributed by atoms with Crippen LogP contribution < -0.4 is 9.47 Å². The molecule has 5 nitrogen and oxygen atoms in total. The summed E-state index contributed by atoms with van der Waals surface area (Å²) in [6, 6.07) is 26.5. The average molecular weight is 511 g/mol. The Morgan fingerprint density at radius 3 is 1.32 bits per heavy atom. The lowest BCUT2D eigenvalue weighted by molar-refractivity contribution is 0.414. The second kappa shape index (κ2) is 9.58. The van der Waals surface area contributed by atoms with E-state index in [-0.39, 0.29) is 9.79 Å². The molecule has 174 valence electrons. The zero-order valence-electron chi connectivity index (χ0n) is 18.5. The maximum Gasteiger partial charge on any atom is 0.206 e. The van der Waals surface area contributed by atoms with Gasteiger partial charge in [-0.05, 0) is 103 Å². The van der Waals surface area contributed by atoms with Crippen molar-refractivity contribution in [3.8, 4) is 17.2 Å². The Labute approximate surface area is 204 Å². The third kappa shape index (κ3) is 4.99. The number of aryl methyl sites for hydroxylation is 1. The van der Waals surface area contributed by atoms with Gasteiger partial charge in [-0.2, -0.15) is 0 Å². The SMILES string of the molecule is COc1ccc(S(=O)(=S)c2ccc(Oc3ccc(S(=O)(=O)c4ccc(C)cc4)cc3)cc2)cc1. The van der Waals surface area contributed by atoms with Gasteiger partial charge in [0, 0.05) is 9.79 Å². The number of hydrogen-bond acceptors (Lipinski definition) is 6. The van der Waals surface area contributed by atoms with Gasteiger partial charge in [0.2, 0.25) is 9.84 Å². The smallest absolute Gasteiger partial charge is 0.206 e. The fourth-order valence-corrected chi connectivity index (χ4v) is 6.44. The Hall–Kier alpha value is -3.20. The molecule has 4 rings (SSSR count). The van der Waals surface area contributed by atoms with E-state index >= 15 is 0 Å². The van der Waals surface area contributed by atoms with E-state index in [1.54, 1.807) is 92.0 Å². The number of methoxy groups -OCH3 is 1. The molecule has 0 N–H and O–H groups in total. The molecule has 0 aliphatic rings. The van der Waals surface area contributed by atoms with Gasteiger partial charge in [-0.15, -0.1) is 0 Å². The molecule has 0 aliphatic heterocycles. The fraction of sp³-hybridized carbons (Fsp3) is 0.0769. The highest BCUT2D eigenvalue weighted by atomic mass is 32.8. The molecule has 0 heterocycles. The Morgan fingerprint density at radius 1 is 0.559 bits per heavy atom. The highest BCUT2D eigenvalue weighted by Gasteiger charge is 2.18. The predicted molar refractivity (Wildman–Crippen MR) is 135 cm³/mol. The van der Waals surface area contributed by atoms with Crippen molar-refractivity contribution < 1.29 is 22.1 Å². The topological polar surface area (TPSA) is 69.7 Å². The summed E-state index contributed by atoms with van der Waals surface area (Å²) >= 11 is 5.41. The minimum Gasteiger partial charge on any atom is -0.497 e. The Morgan fingerprint density at radius 2 is 0.912 bits per heavy atom. The maximum atomic E-state index is 13.2. The van der Waals surface area contributed by atoms with Crippen LogP contribution in [0.5, 0.6) is 17.2 Å². The van der Waals surface area contributed by atoms with Crippen molar-refractivity contribution in [2.45, 2.75) is 26.5 Å². The summed E-state index contributed by atoms with van der Waals surface area (Å²) < 4.78 is 49.8.